The second-order valence-electron chi connectivity index (χ2n) is 1.52. The molecule has 2 N–H and O–H groups in total. The Hall–Kier alpha value is -0.390. The SMILES string of the molecule is Cc1nc(N)nc(=O)[n-]1.[Na+]. The van der Waals surface area contributed by atoms with Crippen LogP contribution in [0.15, 0.2) is 4.79 Å². The van der Waals surface area contributed by atoms with Crippen molar-refractivity contribution in [2.45, 2.75) is 6.92 Å². The molecule has 48 valence electrons. The molecule has 1 heterocycles. The van der Waals surface area contributed by atoms with Crippen molar-refractivity contribution < 1.29 is 29.6 Å². The molecule has 0 radical (unpaired) electrons. The Morgan fingerprint density at radius 1 is 1.50 bits per heavy atom. The molecule has 0 amide bonds. The molecule has 0 saturated heterocycles. The largest absolute Gasteiger partial charge is 1.00 e. The zero-order valence-electron chi connectivity index (χ0n) is 5.83. The third-order valence-corrected chi connectivity index (χ3v) is 0.744. The Bertz CT molecular complexity index is 247. The number of nitrogen functional groups attached to an aromatic ring is 1. The zero-order chi connectivity index (χ0) is 6.85. The maximum Gasteiger partial charge on any atom is 1.00 e. The van der Waals surface area contributed by atoms with Crippen molar-refractivity contribution >= 4 is 5.95 Å². The molecule has 0 spiro atoms. The number of aryl methyl sites for hydroxylation is 1. The van der Waals surface area contributed by atoms with Gasteiger partial charge in [-0.15, -0.1) is 0 Å². The van der Waals surface area contributed by atoms with Crippen molar-refractivity contribution in [1.82, 2.24) is 15.0 Å². The standard InChI is InChI=1S/C4H6N4O.Na/c1-2-6-3(5)8-4(9)7-2;/h1H3,(H3,5,6,7,8,9);/q;+1/p-1. The predicted octanol–water partition coefficient (Wildman–Crippen LogP) is -4.31. The van der Waals surface area contributed by atoms with Crippen molar-refractivity contribution in [3.63, 3.8) is 0 Å². The Morgan fingerprint density at radius 3 is 2.50 bits per heavy atom. The summed E-state index contributed by atoms with van der Waals surface area (Å²) in [5.74, 6) is 0.333. The molecule has 1 rings (SSSR count). The van der Waals surface area contributed by atoms with E-state index in [1.165, 1.54) is 0 Å². The average molecular weight is 148 g/mol. The third kappa shape index (κ3) is 2.47. The molecular weight excluding hydrogens is 143 g/mol. The molecule has 0 aliphatic rings. The van der Waals surface area contributed by atoms with Gasteiger partial charge in [-0.2, -0.15) is 0 Å². The normalized spacial score (nSPS) is 8.50. The van der Waals surface area contributed by atoms with Crippen molar-refractivity contribution in [3.8, 4) is 0 Å². The van der Waals surface area contributed by atoms with Crippen LogP contribution in [0.3, 0.4) is 0 Å². The van der Waals surface area contributed by atoms with E-state index >= 15 is 0 Å². The first-order valence-electron chi connectivity index (χ1n) is 2.33. The van der Waals surface area contributed by atoms with Gasteiger partial charge >= 0.3 is 29.6 Å². The van der Waals surface area contributed by atoms with E-state index in [2.05, 4.69) is 15.0 Å². The molecule has 0 bridgehead atoms. The van der Waals surface area contributed by atoms with Crippen LogP contribution in [0.4, 0.5) is 5.95 Å². The molecule has 1 aromatic heterocycles. The van der Waals surface area contributed by atoms with Crippen LogP contribution in [0.25, 0.3) is 0 Å². The second-order valence-corrected chi connectivity index (χ2v) is 1.52. The molecular formula is C4H5N4NaO. The van der Waals surface area contributed by atoms with Crippen LogP contribution in [0.1, 0.15) is 5.82 Å². The average Bonchev–Trinajstić information content (AvgIpc) is 1.59. The summed E-state index contributed by atoms with van der Waals surface area (Å²) in [5.41, 5.74) is 4.51. The van der Waals surface area contributed by atoms with Crippen LogP contribution in [0, 0.1) is 6.92 Å². The van der Waals surface area contributed by atoms with Gasteiger partial charge in [0.2, 0.25) is 5.69 Å². The number of nitrogens with two attached hydrogens (primary N) is 1. The summed E-state index contributed by atoms with van der Waals surface area (Å²) in [4.78, 5) is 20.6. The summed E-state index contributed by atoms with van der Waals surface area (Å²) >= 11 is 0. The van der Waals surface area contributed by atoms with Gasteiger partial charge in [0.05, 0.1) is 5.95 Å². The number of anilines is 1. The van der Waals surface area contributed by atoms with E-state index in [4.69, 9.17) is 5.73 Å². The van der Waals surface area contributed by atoms with Crippen molar-refractivity contribution in [2.24, 2.45) is 0 Å². The van der Waals surface area contributed by atoms with E-state index < -0.39 is 5.69 Å². The van der Waals surface area contributed by atoms with Crippen LogP contribution in [0.2, 0.25) is 0 Å². The topological polar surface area (TPSA) is 83.0 Å². The van der Waals surface area contributed by atoms with Crippen LogP contribution in [0.5, 0.6) is 0 Å². The molecule has 0 aromatic carbocycles. The Morgan fingerprint density at radius 2 is 2.10 bits per heavy atom. The van der Waals surface area contributed by atoms with Gasteiger partial charge in [0.15, 0.2) is 0 Å². The number of hydrogen-bond donors (Lipinski definition) is 1. The van der Waals surface area contributed by atoms with Gasteiger partial charge < -0.3 is 20.7 Å². The summed E-state index contributed by atoms with van der Waals surface area (Å²) in [6.45, 7) is 1.58. The summed E-state index contributed by atoms with van der Waals surface area (Å²) in [6.07, 6.45) is 0. The monoisotopic (exact) mass is 148 g/mol. The summed E-state index contributed by atoms with van der Waals surface area (Å²) < 4.78 is 0. The van der Waals surface area contributed by atoms with E-state index in [9.17, 15) is 4.79 Å². The molecule has 1 aromatic rings. The van der Waals surface area contributed by atoms with Crippen LogP contribution in [-0.2, 0) is 0 Å². The molecule has 10 heavy (non-hydrogen) atoms. The maximum absolute atomic E-state index is 10.4. The quantitative estimate of drug-likeness (QED) is 0.376. The van der Waals surface area contributed by atoms with Gasteiger partial charge in [-0.05, 0) is 12.7 Å². The van der Waals surface area contributed by atoms with Crippen molar-refractivity contribution in [2.75, 3.05) is 5.73 Å². The van der Waals surface area contributed by atoms with Crippen LogP contribution < -0.4 is 46.0 Å². The molecule has 0 fully saturated rings. The van der Waals surface area contributed by atoms with Crippen LogP contribution in [-0.4, -0.2) is 9.97 Å². The Labute approximate surface area is 79.4 Å². The summed E-state index contributed by atoms with van der Waals surface area (Å²) in [7, 11) is 0. The fourth-order valence-electron chi connectivity index (χ4n) is 0.477. The molecule has 0 aliphatic carbocycles. The molecule has 0 aliphatic heterocycles. The predicted molar refractivity (Wildman–Crippen MR) is 30.8 cm³/mol. The zero-order valence-corrected chi connectivity index (χ0v) is 7.83. The summed E-state index contributed by atoms with van der Waals surface area (Å²) in [6, 6.07) is 0. The van der Waals surface area contributed by atoms with E-state index in [0.717, 1.165) is 0 Å². The second kappa shape index (κ2) is 3.70. The van der Waals surface area contributed by atoms with E-state index in [1.807, 2.05) is 0 Å². The van der Waals surface area contributed by atoms with E-state index in [-0.39, 0.29) is 35.5 Å². The Balaban J connectivity index is 0.000000810. The number of hydrogen-bond acceptors (Lipinski definition) is 4. The fourth-order valence-corrected chi connectivity index (χ4v) is 0.477. The molecule has 5 nitrogen and oxygen atoms in total. The Kier molecular flexibility index (Phi) is 3.55. The minimum atomic E-state index is -0.583. The van der Waals surface area contributed by atoms with Gasteiger partial charge in [-0.3, -0.25) is 4.79 Å². The first kappa shape index (κ1) is 9.61. The number of nitrogens with zero attached hydrogens (tertiary/aromatic N) is 3. The van der Waals surface area contributed by atoms with Crippen molar-refractivity contribution in [3.05, 3.63) is 16.3 Å². The third-order valence-electron chi connectivity index (χ3n) is 0.744. The van der Waals surface area contributed by atoms with Gasteiger partial charge in [0.1, 0.15) is 0 Å². The van der Waals surface area contributed by atoms with Gasteiger partial charge in [0, 0.05) is 0 Å². The van der Waals surface area contributed by atoms with Gasteiger partial charge in [-0.25, -0.2) is 0 Å². The molecule has 0 atom stereocenters. The first-order chi connectivity index (χ1) is 4.18. The molecule has 0 saturated carbocycles. The van der Waals surface area contributed by atoms with E-state index in [1.54, 1.807) is 6.92 Å². The van der Waals surface area contributed by atoms with Gasteiger partial charge in [-0.1, -0.05) is 0 Å². The number of aromatic nitrogens is 3. The first-order valence-corrected chi connectivity index (χ1v) is 2.33. The van der Waals surface area contributed by atoms with Gasteiger partial charge in [0.25, 0.3) is 0 Å². The maximum atomic E-state index is 10.4. The molecule has 0 unspecified atom stereocenters. The minimum Gasteiger partial charge on any atom is -0.394 e. The summed E-state index contributed by atoms with van der Waals surface area (Å²) in [5, 5.41) is 0. The smallest absolute Gasteiger partial charge is 0.394 e. The van der Waals surface area contributed by atoms with Crippen molar-refractivity contribution in [1.29, 1.82) is 0 Å². The minimum absolute atomic E-state index is 0. The number of rotatable bonds is 0. The van der Waals surface area contributed by atoms with E-state index in [0.29, 0.717) is 5.82 Å². The fraction of sp³-hybridized carbons (Fsp3) is 0.250. The van der Waals surface area contributed by atoms with Crippen LogP contribution >= 0.6 is 0 Å². The molecule has 6 heteroatoms.